The third-order valence-corrected chi connectivity index (χ3v) is 6.80. The predicted molar refractivity (Wildman–Crippen MR) is 95.0 cm³/mol. The average Bonchev–Trinajstić information content (AvgIpc) is 2.41. The molecule has 0 aliphatic heterocycles. The molecule has 1 aromatic carbocycles. The zero-order valence-corrected chi connectivity index (χ0v) is 16.0. The molecule has 2 unspecified atom stereocenters. The maximum atomic E-state index is 6.41. The van der Waals surface area contributed by atoms with Gasteiger partial charge in [0.2, 0.25) is 0 Å². The van der Waals surface area contributed by atoms with E-state index in [0.717, 1.165) is 35.6 Å². The highest BCUT2D eigenvalue weighted by molar-refractivity contribution is 9.09. The fourth-order valence-electron chi connectivity index (χ4n) is 3.40. The van der Waals surface area contributed by atoms with Crippen LogP contribution < -0.4 is 4.74 Å². The highest BCUT2D eigenvalue weighted by Gasteiger charge is 2.53. The fraction of sp³-hybridized carbons (Fsp3) is 0.667. The van der Waals surface area contributed by atoms with Gasteiger partial charge in [-0.25, -0.2) is 0 Å². The second kappa shape index (κ2) is 6.50. The second-order valence-corrected chi connectivity index (χ2v) is 8.06. The van der Waals surface area contributed by atoms with Crippen molar-refractivity contribution < 1.29 is 4.74 Å². The molecule has 1 saturated carbocycles. The van der Waals surface area contributed by atoms with Gasteiger partial charge in [-0.2, -0.15) is 0 Å². The van der Waals surface area contributed by atoms with E-state index < -0.39 is 0 Å². The first-order valence-corrected chi connectivity index (χ1v) is 9.25. The largest absolute Gasteiger partial charge is 0.489 e. The molecule has 2 rings (SSSR count). The van der Waals surface area contributed by atoms with E-state index in [2.05, 4.69) is 56.6 Å². The molecule has 1 nitrogen and oxygen atoms in total. The quantitative estimate of drug-likeness (QED) is 0.536. The van der Waals surface area contributed by atoms with E-state index in [1.54, 1.807) is 0 Å². The summed E-state index contributed by atoms with van der Waals surface area (Å²) >= 11 is 10.2. The molecule has 1 aliphatic rings. The highest BCUT2D eigenvalue weighted by Crippen LogP contribution is 2.53. The van der Waals surface area contributed by atoms with E-state index in [1.807, 2.05) is 6.07 Å². The molecule has 0 radical (unpaired) electrons. The summed E-state index contributed by atoms with van der Waals surface area (Å²) in [6, 6.07) is 4.18. The first-order chi connectivity index (χ1) is 9.85. The molecule has 1 fully saturated rings. The molecule has 1 aliphatic carbocycles. The number of aryl methyl sites for hydroxylation is 1. The van der Waals surface area contributed by atoms with Crippen LogP contribution in [0, 0.1) is 12.3 Å². The summed E-state index contributed by atoms with van der Waals surface area (Å²) in [5.74, 6) is 1.41. The Balaban J connectivity index is 2.26. The SMILES string of the molecule is CCC1(CC)C(Br)CC1Oc1cc(C(C)C)c(Cl)cc1C. The van der Waals surface area contributed by atoms with Crippen LogP contribution in [0.15, 0.2) is 12.1 Å². The number of halogens is 2. The van der Waals surface area contributed by atoms with E-state index in [9.17, 15) is 0 Å². The minimum atomic E-state index is 0.268. The Morgan fingerprint density at radius 3 is 2.43 bits per heavy atom. The summed E-state index contributed by atoms with van der Waals surface area (Å²) in [5, 5.41) is 0.846. The number of rotatable bonds is 5. The van der Waals surface area contributed by atoms with E-state index in [4.69, 9.17) is 16.3 Å². The van der Waals surface area contributed by atoms with Gasteiger partial charge in [0.05, 0.1) is 0 Å². The van der Waals surface area contributed by atoms with Crippen LogP contribution in [0.5, 0.6) is 5.75 Å². The summed E-state index contributed by atoms with van der Waals surface area (Å²) in [4.78, 5) is 0.571. The average molecular weight is 374 g/mol. The standard InChI is InChI=1S/C18H26BrClO/c1-6-18(7-2)16(19)10-17(18)21-15-9-13(11(3)4)14(20)8-12(15)5/h8-9,11,16-17H,6-7,10H2,1-5H3. The maximum absolute atomic E-state index is 6.41. The number of hydrogen-bond donors (Lipinski definition) is 0. The number of alkyl halides is 1. The highest BCUT2D eigenvalue weighted by atomic mass is 79.9. The molecule has 0 aromatic heterocycles. The van der Waals surface area contributed by atoms with Gasteiger partial charge in [0, 0.05) is 15.3 Å². The Morgan fingerprint density at radius 1 is 1.33 bits per heavy atom. The molecule has 21 heavy (non-hydrogen) atoms. The first-order valence-electron chi connectivity index (χ1n) is 7.96. The van der Waals surface area contributed by atoms with Gasteiger partial charge in [0.15, 0.2) is 0 Å². The normalized spacial score (nSPS) is 24.0. The third kappa shape index (κ3) is 2.99. The van der Waals surface area contributed by atoms with Crippen molar-refractivity contribution in [1.82, 2.24) is 0 Å². The molecule has 2 atom stereocenters. The van der Waals surface area contributed by atoms with Crippen molar-refractivity contribution in [3.63, 3.8) is 0 Å². The zero-order chi connectivity index (χ0) is 15.8. The Bertz CT molecular complexity index is 508. The van der Waals surface area contributed by atoms with Gasteiger partial charge in [0.1, 0.15) is 11.9 Å². The van der Waals surface area contributed by atoms with Gasteiger partial charge >= 0.3 is 0 Å². The lowest BCUT2D eigenvalue weighted by Gasteiger charge is -2.53. The molecule has 0 spiro atoms. The Hall–Kier alpha value is -0.210. The minimum Gasteiger partial charge on any atom is -0.489 e. The molecule has 0 amide bonds. The maximum Gasteiger partial charge on any atom is 0.123 e. The molecular weight excluding hydrogens is 348 g/mol. The van der Waals surface area contributed by atoms with Gasteiger partial charge in [-0.1, -0.05) is 55.2 Å². The lowest BCUT2D eigenvalue weighted by atomic mass is 9.62. The molecule has 0 N–H and O–H groups in total. The van der Waals surface area contributed by atoms with Gasteiger partial charge in [-0.05, 0) is 55.4 Å². The topological polar surface area (TPSA) is 9.23 Å². The number of hydrogen-bond acceptors (Lipinski definition) is 1. The van der Waals surface area contributed by atoms with E-state index in [1.165, 1.54) is 5.56 Å². The minimum absolute atomic E-state index is 0.268. The second-order valence-electron chi connectivity index (χ2n) is 6.54. The third-order valence-electron chi connectivity index (χ3n) is 5.19. The van der Waals surface area contributed by atoms with Gasteiger partial charge < -0.3 is 4.74 Å². The molecule has 118 valence electrons. The molecule has 3 heteroatoms. The smallest absolute Gasteiger partial charge is 0.123 e. The summed E-state index contributed by atoms with van der Waals surface area (Å²) in [7, 11) is 0. The zero-order valence-electron chi connectivity index (χ0n) is 13.7. The Morgan fingerprint density at radius 2 is 1.95 bits per heavy atom. The summed E-state index contributed by atoms with van der Waals surface area (Å²) < 4.78 is 6.41. The van der Waals surface area contributed by atoms with Gasteiger partial charge in [-0.15, -0.1) is 0 Å². The Labute approximate surface area is 142 Å². The van der Waals surface area contributed by atoms with Crippen LogP contribution in [0.25, 0.3) is 0 Å². The number of ether oxygens (including phenoxy) is 1. The van der Waals surface area contributed by atoms with Gasteiger partial charge in [0.25, 0.3) is 0 Å². The van der Waals surface area contributed by atoms with Crippen LogP contribution in [0.1, 0.15) is 64.0 Å². The van der Waals surface area contributed by atoms with Crippen LogP contribution in [-0.2, 0) is 0 Å². The van der Waals surface area contributed by atoms with Crippen LogP contribution >= 0.6 is 27.5 Å². The van der Waals surface area contributed by atoms with Gasteiger partial charge in [-0.3, -0.25) is 0 Å². The first kappa shape index (κ1) is 17.1. The predicted octanol–water partition coefficient (Wildman–Crippen LogP) is 6.49. The van der Waals surface area contributed by atoms with Crippen molar-refractivity contribution >= 4 is 27.5 Å². The van der Waals surface area contributed by atoms with E-state index in [0.29, 0.717) is 16.8 Å². The monoisotopic (exact) mass is 372 g/mol. The molecule has 0 heterocycles. The van der Waals surface area contributed by atoms with Crippen LogP contribution in [-0.4, -0.2) is 10.9 Å². The van der Waals surface area contributed by atoms with E-state index >= 15 is 0 Å². The van der Waals surface area contributed by atoms with Crippen LogP contribution in [0.4, 0.5) is 0 Å². The van der Waals surface area contributed by atoms with Crippen molar-refractivity contribution in [3.8, 4) is 5.75 Å². The van der Waals surface area contributed by atoms with Crippen LogP contribution in [0.2, 0.25) is 5.02 Å². The van der Waals surface area contributed by atoms with E-state index in [-0.39, 0.29) is 5.41 Å². The van der Waals surface area contributed by atoms with Crippen molar-refractivity contribution in [2.45, 2.75) is 70.7 Å². The fourth-order valence-corrected chi connectivity index (χ4v) is 5.12. The van der Waals surface area contributed by atoms with Crippen LogP contribution in [0.3, 0.4) is 0 Å². The molecule has 1 aromatic rings. The molecule has 0 bridgehead atoms. The molecular formula is C18H26BrClO. The lowest BCUT2D eigenvalue weighted by molar-refractivity contribution is -0.0414. The summed E-state index contributed by atoms with van der Waals surface area (Å²) in [6.07, 6.45) is 3.68. The van der Waals surface area contributed by atoms with Crippen molar-refractivity contribution in [3.05, 3.63) is 28.3 Å². The van der Waals surface area contributed by atoms with Crippen molar-refractivity contribution in [2.75, 3.05) is 0 Å². The molecule has 0 saturated heterocycles. The lowest BCUT2D eigenvalue weighted by Crippen LogP contribution is -2.56. The summed E-state index contributed by atoms with van der Waals surface area (Å²) in [5.41, 5.74) is 2.57. The van der Waals surface area contributed by atoms with Crippen molar-refractivity contribution in [1.29, 1.82) is 0 Å². The number of benzene rings is 1. The van der Waals surface area contributed by atoms with Crippen molar-refractivity contribution in [2.24, 2.45) is 5.41 Å². The Kier molecular flexibility index (Phi) is 5.31. The summed E-state index contributed by atoms with van der Waals surface area (Å²) in [6.45, 7) is 10.9.